The molecule has 0 radical (unpaired) electrons. The first kappa shape index (κ1) is 48.0. The van der Waals surface area contributed by atoms with Crippen molar-refractivity contribution in [1.82, 2.24) is 30.0 Å². The smallest absolute Gasteiger partial charge is 0.355 e. The molecular weight excluding hydrogens is 945 g/mol. The van der Waals surface area contributed by atoms with Gasteiger partial charge in [-0.15, -0.1) is 0 Å². The lowest BCUT2D eigenvalue weighted by molar-refractivity contribution is -0.134. The lowest BCUT2D eigenvalue weighted by atomic mass is 9.88. The molecule has 0 bridgehead atoms. The van der Waals surface area contributed by atoms with Gasteiger partial charge in [-0.25, -0.2) is 23.5 Å². The van der Waals surface area contributed by atoms with Crippen LogP contribution in [0.25, 0.3) is 32.2 Å². The van der Waals surface area contributed by atoms with E-state index >= 15 is 8.78 Å². The van der Waals surface area contributed by atoms with Gasteiger partial charge in [-0.2, -0.15) is 5.10 Å². The van der Waals surface area contributed by atoms with Crippen LogP contribution in [0.3, 0.4) is 0 Å². The van der Waals surface area contributed by atoms with Gasteiger partial charge in [-0.3, -0.25) is 39.4 Å². The largest absolute Gasteiger partial charge is 0.493 e. The molecule has 370 valence electrons. The lowest BCUT2D eigenvalue weighted by Crippen LogP contribution is -2.50. The number of fused-ring (bicyclic) bond motifs is 3. The van der Waals surface area contributed by atoms with E-state index < -0.39 is 42.1 Å². The molecule has 3 aliphatic rings. The number of ether oxygens (including phenoxy) is 1. The normalized spacial score (nSPS) is 17.9. The summed E-state index contributed by atoms with van der Waals surface area (Å²) in [4.78, 5) is 76.7. The van der Waals surface area contributed by atoms with E-state index in [0.29, 0.717) is 100 Å². The van der Waals surface area contributed by atoms with Gasteiger partial charge in [0.25, 0.3) is 11.8 Å². The Balaban J connectivity index is 0.739. The number of carboxylic acids is 1. The Morgan fingerprint density at radius 1 is 0.917 bits per heavy atom. The maximum Gasteiger partial charge on any atom is 0.355 e. The van der Waals surface area contributed by atoms with Crippen molar-refractivity contribution in [3.05, 3.63) is 125 Å². The summed E-state index contributed by atoms with van der Waals surface area (Å²) in [6.45, 7) is 2.39. The third-order valence-corrected chi connectivity index (χ3v) is 14.8. The van der Waals surface area contributed by atoms with Crippen LogP contribution in [0.1, 0.15) is 81.3 Å². The molecule has 4 N–H and O–H groups in total. The number of hydrogen-bond acceptors (Lipinski definition) is 12. The SMILES string of the molecule is Cc1c(OCCC[C@@H]2CCN(CC(=O)Nc3cccc4c(C5CCC(=O)NC5=O)nn(C)c34)CC2(F)F)cccc1-c1ccc(N2CCc3cccc(C(=O)Nc4nc5ccccc5s4)c3C2)nc1C(=O)O. The number of nitrogens with one attached hydrogen (secondary N) is 3. The van der Waals surface area contributed by atoms with Gasteiger partial charge >= 0.3 is 5.97 Å². The van der Waals surface area contributed by atoms with Crippen LogP contribution in [0.2, 0.25) is 0 Å². The number of carbonyl (C=O) groups excluding carboxylic acids is 4. The van der Waals surface area contributed by atoms with Crippen molar-refractivity contribution in [2.24, 2.45) is 13.0 Å². The highest BCUT2D eigenvalue weighted by Gasteiger charge is 2.44. The van der Waals surface area contributed by atoms with Crippen molar-refractivity contribution < 1.29 is 42.6 Å². The van der Waals surface area contributed by atoms with Crippen LogP contribution in [-0.4, -0.2) is 98.1 Å². The average Bonchev–Trinajstić information content (AvgIpc) is 3.93. The number of nitrogens with zero attached hydrogens (tertiary/aromatic N) is 6. The molecule has 1 unspecified atom stereocenters. The number of rotatable bonds is 14. The van der Waals surface area contributed by atoms with E-state index in [9.17, 15) is 29.1 Å². The number of alkyl halides is 2. The average molecular weight is 996 g/mol. The molecule has 0 saturated carbocycles. The van der Waals surface area contributed by atoms with Crippen LogP contribution in [0.15, 0.2) is 91.0 Å². The van der Waals surface area contributed by atoms with Crippen LogP contribution in [-0.2, 0) is 34.4 Å². The van der Waals surface area contributed by atoms with Gasteiger partial charge in [-0.1, -0.05) is 59.9 Å². The number of thiazole rings is 1. The molecule has 4 aromatic carbocycles. The highest BCUT2D eigenvalue weighted by molar-refractivity contribution is 7.22. The van der Waals surface area contributed by atoms with Gasteiger partial charge in [0.15, 0.2) is 10.8 Å². The summed E-state index contributed by atoms with van der Waals surface area (Å²) in [5.74, 6) is -6.31. The molecule has 3 aliphatic heterocycles. The predicted molar refractivity (Wildman–Crippen MR) is 269 cm³/mol. The molecule has 72 heavy (non-hydrogen) atoms. The minimum atomic E-state index is -3.05. The molecule has 16 nitrogen and oxygen atoms in total. The number of aryl methyl sites for hydroxylation is 1. The van der Waals surface area contributed by atoms with E-state index in [1.165, 1.54) is 16.2 Å². The Kier molecular flexibility index (Phi) is 13.2. The van der Waals surface area contributed by atoms with E-state index in [4.69, 9.17) is 4.74 Å². The van der Waals surface area contributed by atoms with Crippen molar-refractivity contribution in [2.45, 2.75) is 63.8 Å². The van der Waals surface area contributed by atoms with Crippen LogP contribution >= 0.6 is 11.3 Å². The predicted octanol–water partition coefficient (Wildman–Crippen LogP) is 8.34. The summed E-state index contributed by atoms with van der Waals surface area (Å²) in [7, 11) is 1.69. The summed E-state index contributed by atoms with van der Waals surface area (Å²) in [5, 5.41) is 24.4. The quantitative estimate of drug-likeness (QED) is 0.0601. The molecule has 19 heteroatoms. The van der Waals surface area contributed by atoms with Gasteiger partial charge in [0.05, 0.1) is 52.7 Å². The molecule has 7 aromatic rings. The molecule has 4 amide bonds. The number of para-hydroxylation sites is 2. The minimum Gasteiger partial charge on any atom is -0.493 e. The number of benzene rings is 4. The van der Waals surface area contributed by atoms with E-state index in [2.05, 4.69) is 31.0 Å². The summed E-state index contributed by atoms with van der Waals surface area (Å²) in [6.07, 6.45) is 1.88. The topological polar surface area (TPSA) is 201 Å². The Hall–Kier alpha value is -7.64. The maximum absolute atomic E-state index is 15.7. The minimum absolute atomic E-state index is 0.141. The standard InChI is InChI=1S/C53H51F2N9O7S/c1-30-33(34-18-20-43(58-47(34)51(69)70)64-25-22-31-9-5-12-35(38(31)27-64)49(67)60-52-57-39-14-3-4-17-42(39)72-52)11-7-16-41(30)71-26-8-10-32-23-24-63(29-53(32,54)55)28-45(66)56-40-15-6-13-36-46(61-62(2)48(36)40)37-19-21-44(65)59-50(37)68/h3-7,9,11-18,20,32,37H,8,10,19,21-29H2,1-2H3,(H,56,66)(H,69,70)(H,57,60,67)(H,59,65,68)/t32-,37?/m1/s1. The summed E-state index contributed by atoms with van der Waals surface area (Å²) in [5.41, 5.74) is 6.25. The van der Waals surface area contributed by atoms with Gasteiger partial charge in [-0.05, 0) is 110 Å². The number of carbonyl (C=O) groups is 5. The van der Waals surface area contributed by atoms with Crippen LogP contribution in [0.5, 0.6) is 5.75 Å². The second-order valence-electron chi connectivity index (χ2n) is 18.6. The zero-order valence-corrected chi connectivity index (χ0v) is 40.4. The summed E-state index contributed by atoms with van der Waals surface area (Å²) < 4.78 is 40.0. The van der Waals surface area contributed by atoms with Crippen LogP contribution < -0.4 is 25.6 Å². The summed E-state index contributed by atoms with van der Waals surface area (Å²) >= 11 is 1.40. The molecule has 3 aromatic heterocycles. The lowest BCUT2D eigenvalue weighted by Gasteiger charge is -2.38. The first-order valence-electron chi connectivity index (χ1n) is 23.9. The van der Waals surface area contributed by atoms with Gasteiger partial charge < -0.3 is 20.1 Å². The number of pyridine rings is 1. The van der Waals surface area contributed by atoms with E-state index in [-0.39, 0.29) is 49.9 Å². The molecule has 0 spiro atoms. The number of piperidine rings is 2. The van der Waals surface area contributed by atoms with E-state index in [1.807, 2.05) is 48.2 Å². The first-order chi connectivity index (χ1) is 34.7. The van der Waals surface area contributed by atoms with Gasteiger partial charge in [0.2, 0.25) is 17.7 Å². The number of amides is 4. The third kappa shape index (κ3) is 9.73. The molecule has 0 aliphatic carbocycles. The molecule has 10 rings (SSSR count). The highest BCUT2D eigenvalue weighted by Crippen LogP contribution is 2.39. The monoisotopic (exact) mass is 995 g/mol. The number of imide groups is 1. The van der Waals surface area contributed by atoms with Crippen molar-refractivity contribution in [1.29, 1.82) is 0 Å². The van der Waals surface area contributed by atoms with Gasteiger partial charge in [0, 0.05) is 49.0 Å². The fourth-order valence-corrected chi connectivity index (χ4v) is 11.1. The maximum atomic E-state index is 15.7. The Labute approximate surface area is 416 Å². The number of likely N-dealkylation sites (tertiary alicyclic amines) is 1. The number of hydrogen-bond donors (Lipinski definition) is 4. The zero-order valence-electron chi connectivity index (χ0n) is 39.5. The van der Waals surface area contributed by atoms with Crippen molar-refractivity contribution >= 4 is 78.7 Å². The number of aromatic nitrogens is 4. The molecule has 2 saturated heterocycles. The Morgan fingerprint density at radius 2 is 1.74 bits per heavy atom. The van der Waals surface area contributed by atoms with Crippen molar-refractivity contribution in [3.8, 4) is 16.9 Å². The molecule has 6 heterocycles. The van der Waals surface area contributed by atoms with Crippen molar-refractivity contribution in [3.63, 3.8) is 0 Å². The first-order valence-corrected chi connectivity index (χ1v) is 24.7. The zero-order chi connectivity index (χ0) is 50.3. The second kappa shape index (κ2) is 19.9. The van der Waals surface area contributed by atoms with Crippen LogP contribution in [0, 0.1) is 12.8 Å². The van der Waals surface area contributed by atoms with E-state index in [0.717, 1.165) is 21.3 Å². The third-order valence-electron chi connectivity index (χ3n) is 13.9. The van der Waals surface area contributed by atoms with Crippen molar-refractivity contribution in [2.75, 3.05) is 48.3 Å². The second-order valence-corrected chi connectivity index (χ2v) is 19.6. The number of halogens is 2. The molecule has 2 fully saturated rings. The molecular formula is C53H51F2N9O7S. The fourth-order valence-electron chi connectivity index (χ4n) is 10.3. The highest BCUT2D eigenvalue weighted by atomic mass is 32.1. The number of carboxylic acid groups (broad SMARTS) is 1. The van der Waals surface area contributed by atoms with E-state index in [1.54, 1.807) is 66.3 Å². The Bertz CT molecular complexity index is 3270. The molecule has 2 atom stereocenters. The number of anilines is 3. The van der Waals surface area contributed by atoms with Crippen LogP contribution in [0.4, 0.5) is 25.4 Å². The summed E-state index contributed by atoms with van der Waals surface area (Å²) in [6, 6.07) is 27.4. The van der Waals surface area contributed by atoms with Gasteiger partial charge in [0.1, 0.15) is 11.6 Å². The number of aromatic carboxylic acids is 1. The Morgan fingerprint density at radius 3 is 2.54 bits per heavy atom. The fraction of sp³-hybridized carbons (Fsp3) is 0.321.